The lowest BCUT2D eigenvalue weighted by atomic mass is 10.1. The second-order valence-electron chi connectivity index (χ2n) is 3.81. The summed E-state index contributed by atoms with van der Waals surface area (Å²) in [6.45, 7) is 0.552. The summed E-state index contributed by atoms with van der Waals surface area (Å²) in [6.07, 6.45) is -0.516. The van der Waals surface area contributed by atoms with Crippen LogP contribution >= 0.6 is 0 Å². The average molecular weight is 253 g/mol. The maximum Gasteiger partial charge on any atom is 0.410 e. The average Bonchev–Trinajstić information content (AvgIpc) is 2.75. The van der Waals surface area contributed by atoms with E-state index in [4.69, 9.17) is 9.47 Å². The lowest BCUT2D eigenvalue weighted by molar-refractivity contribution is 0.0943. The molecule has 0 bridgehead atoms. The van der Waals surface area contributed by atoms with Gasteiger partial charge in [0.1, 0.15) is 6.61 Å². The van der Waals surface area contributed by atoms with Crippen molar-refractivity contribution in [3.63, 3.8) is 0 Å². The van der Waals surface area contributed by atoms with Crippen LogP contribution in [0.3, 0.4) is 0 Å². The highest BCUT2D eigenvalue weighted by atomic mass is 19.1. The first-order valence-electron chi connectivity index (χ1n) is 5.40. The highest BCUT2D eigenvalue weighted by molar-refractivity contribution is 5.99. The third kappa shape index (κ3) is 2.42. The Kier molecular flexibility index (Phi) is 3.45. The number of amides is 1. The van der Waals surface area contributed by atoms with Crippen molar-refractivity contribution in [3.05, 3.63) is 29.6 Å². The maximum absolute atomic E-state index is 13.4. The van der Waals surface area contributed by atoms with Crippen molar-refractivity contribution in [1.82, 2.24) is 4.90 Å². The topological polar surface area (TPSA) is 55.8 Å². The first kappa shape index (κ1) is 12.3. The SMILES string of the molecule is COc1ccc(C(=O)CN2CCOC2=O)cc1F. The minimum absolute atomic E-state index is 0.0760. The predicted octanol–water partition coefficient (Wildman–Crippen LogP) is 1.47. The van der Waals surface area contributed by atoms with Gasteiger partial charge in [-0.25, -0.2) is 9.18 Å². The summed E-state index contributed by atoms with van der Waals surface area (Å²) in [5.41, 5.74) is 0.202. The zero-order valence-corrected chi connectivity index (χ0v) is 9.81. The third-order valence-electron chi connectivity index (χ3n) is 2.65. The van der Waals surface area contributed by atoms with Crippen LogP contribution in [0.25, 0.3) is 0 Å². The first-order valence-corrected chi connectivity index (χ1v) is 5.40. The number of ketones is 1. The van der Waals surface area contributed by atoms with E-state index in [0.29, 0.717) is 6.54 Å². The van der Waals surface area contributed by atoms with Gasteiger partial charge in [0, 0.05) is 5.56 Å². The lowest BCUT2D eigenvalue weighted by Gasteiger charge is -2.11. The summed E-state index contributed by atoms with van der Waals surface area (Å²) >= 11 is 0. The van der Waals surface area contributed by atoms with Crippen LogP contribution in [-0.4, -0.2) is 43.6 Å². The predicted molar refractivity (Wildman–Crippen MR) is 60.2 cm³/mol. The summed E-state index contributed by atoms with van der Waals surface area (Å²) in [7, 11) is 1.35. The number of nitrogens with zero attached hydrogens (tertiary/aromatic N) is 1. The highest BCUT2D eigenvalue weighted by Crippen LogP contribution is 2.18. The van der Waals surface area contributed by atoms with E-state index in [1.165, 1.54) is 24.1 Å². The van der Waals surface area contributed by atoms with Gasteiger partial charge in [-0.05, 0) is 18.2 Å². The van der Waals surface area contributed by atoms with Crippen molar-refractivity contribution in [2.45, 2.75) is 0 Å². The van der Waals surface area contributed by atoms with Crippen LogP contribution in [0.5, 0.6) is 5.75 Å². The monoisotopic (exact) mass is 253 g/mol. The molecule has 0 aliphatic carbocycles. The van der Waals surface area contributed by atoms with Crippen LogP contribution in [0, 0.1) is 5.82 Å². The van der Waals surface area contributed by atoms with Crippen LogP contribution in [0.15, 0.2) is 18.2 Å². The van der Waals surface area contributed by atoms with E-state index < -0.39 is 11.9 Å². The van der Waals surface area contributed by atoms with Crippen molar-refractivity contribution in [1.29, 1.82) is 0 Å². The molecule has 1 heterocycles. The highest BCUT2D eigenvalue weighted by Gasteiger charge is 2.24. The fourth-order valence-electron chi connectivity index (χ4n) is 1.67. The number of carbonyl (C=O) groups is 2. The van der Waals surface area contributed by atoms with Gasteiger partial charge in [0.05, 0.1) is 20.2 Å². The number of ether oxygens (including phenoxy) is 2. The molecule has 6 heteroatoms. The van der Waals surface area contributed by atoms with Gasteiger partial charge in [-0.3, -0.25) is 9.69 Å². The van der Waals surface area contributed by atoms with Crippen molar-refractivity contribution in [2.24, 2.45) is 0 Å². The van der Waals surface area contributed by atoms with Crippen molar-refractivity contribution >= 4 is 11.9 Å². The molecule has 0 radical (unpaired) electrons. The Hall–Kier alpha value is -2.11. The molecular weight excluding hydrogens is 241 g/mol. The number of halogens is 1. The molecule has 0 saturated carbocycles. The number of hydrogen-bond donors (Lipinski definition) is 0. The molecular formula is C12H12FNO4. The fraction of sp³-hybridized carbons (Fsp3) is 0.333. The molecule has 1 saturated heterocycles. The first-order chi connectivity index (χ1) is 8.61. The molecule has 2 rings (SSSR count). The largest absolute Gasteiger partial charge is 0.494 e. The Morgan fingerprint density at radius 2 is 2.33 bits per heavy atom. The second kappa shape index (κ2) is 5.03. The van der Waals surface area contributed by atoms with E-state index in [9.17, 15) is 14.0 Å². The van der Waals surface area contributed by atoms with Gasteiger partial charge in [-0.2, -0.15) is 0 Å². The molecule has 0 aromatic heterocycles. The van der Waals surface area contributed by atoms with E-state index in [0.717, 1.165) is 6.07 Å². The van der Waals surface area contributed by atoms with Crippen molar-refractivity contribution in [3.8, 4) is 5.75 Å². The molecule has 0 N–H and O–H groups in total. The molecule has 96 valence electrons. The normalized spacial score (nSPS) is 14.6. The maximum atomic E-state index is 13.4. The molecule has 18 heavy (non-hydrogen) atoms. The molecule has 1 amide bonds. The standard InChI is InChI=1S/C12H12FNO4/c1-17-11-3-2-8(6-9(11)13)10(15)7-14-4-5-18-12(14)16/h2-3,6H,4-5,7H2,1H3. The van der Waals surface area contributed by atoms with Gasteiger partial charge in [0.25, 0.3) is 0 Å². The summed E-state index contributed by atoms with van der Waals surface area (Å²) in [5.74, 6) is -0.866. The molecule has 1 fully saturated rings. The third-order valence-corrected chi connectivity index (χ3v) is 2.65. The number of Topliss-reactive ketones (excluding diaryl/α,β-unsaturated/α-hetero) is 1. The van der Waals surface area contributed by atoms with Gasteiger partial charge in [-0.15, -0.1) is 0 Å². The minimum atomic E-state index is -0.604. The van der Waals surface area contributed by atoms with Crippen molar-refractivity contribution in [2.75, 3.05) is 26.8 Å². The number of carbonyl (C=O) groups excluding carboxylic acids is 2. The van der Waals surface area contributed by atoms with Gasteiger partial charge < -0.3 is 9.47 Å². The molecule has 5 nitrogen and oxygen atoms in total. The Morgan fingerprint density at radius 3 is 2.89 bits per heavy atom. The zero-order chi connectivity index (χ0) is 13.1. The molecule has 1 aromatic carbocycles. The summed E-state index contributed by atoms with van der Waals surface area (Å²) in [6, 6.07) is 3.94. The second-order valence-corrected chi connectivity index (χ2v) is 3.81. The van der Waals surface area contributed by atoms with Crippen molar-refractivity contribution < 1.29 is 23.5 Å². The van der Waals surface area contributed by atoms with Gasteiger partial charge in [0.15, 0.2) is 17.3 Å². The molecule has 1 aliphatic rings. The lowest BCUT2D eigenvalue weighted by Crippen LogP contribution is -2.30. The smallest absolute Gasteiger partial charge is 0.410 e. The number of hydrogen-bond acceptors (Lipinski definition) is 4. The molecule has 0 unspecified atom stereocenters. The quantitative estimate of drug-likeness (QED) is 0.762. The van der Waals surface area contributed by atoms with Crippen LogP contribution < -0.4 is 4.74 Å². The fourth-order valence-corrected chi connectivity index (χ4v) is 1.67. The van der Waals surface area contributed by atoms with Crippen LogP contribution in [0.1, 0.15) is 10.4 Å². The molecule has 0 atom stereocenters. The minimum Gasteiger partial charge on any atom is -0.494 e. The van der Waals surface area contributed by atoms with Crippen LogP contribution in [0.2, 0.25) is 0 Å². The number of benzene rings is 1. The molecule has 1 aliphatic heterocycles. The summed E-state index contributed by atoms with van der Waals surface area (Å²) in [4.78, 5) is 24.3. The van der Waals surface area contributed by atoms with Gasteiger partial charge in [-0.1, -0.05) is 0 Å². The number of methoxy groups -OCH3 is 1. The van der Waals surface area contributed by atoms with E-state index in [-0.39, 0.29) is 30.2 Å². The van der Waals surface area contributed by atoms with E-state index in [1.807, 2.05) is 0 Å². The van der Waals surface area contributed by atoms with Crippen LogP contribution in [-0.2, 0) is 4.74 Å². The Bertz CT molecular complexity index is 489. The van der Waals surface area contributed by atoms with Crippen LogP contribution in [0.4, 0.5) is 9.18 Å². The summed E-state index contributed by atoms with van der Waals surface area (Å²) < 4.78 is 22.9. The van der Waals surface area contributed by atoms with E-state index in [2.05, 4.69) is 0 Å². The Balaban J connectivity index is 2.09. The van der Waals surface area contributed by atoms with E-state index >= 15 is 0 Å². The molecule has 1 aromatic rings. The number of cyclic esters (lactones) is 1. The zero-order valence-electron chi connectivity index (χ0n) is 9.81. The number of rotatable bonds is 4. The van der Waals surface area contributed by atoms with Gasteiger partial charge >= 0.3 is 6.09 Å². The van der Waals surface area contributed by atoms with E-state index in [1.54, 1.807) is 0 Å². The Morgan fingerprint density at radius 1 is 1.56 bits per heavy atom. The Labute approximate surface area is 103 Å². The molecule has 0 spiro atoms. The summed E-state index contributed by atoms with van der Waals surface area (Å²) in [5, 5.41) is 0. The van der Waals surface area contributed by atoms with Gasteiger partial charge in [0.2, 0.25) is 0 Å².